The maximum atomic E-state index is 5.81. The van der Waals surface area contributed by atoms with E-state index in [4.69, 9.17) is 22.1 Å². The van der Waals surface area contributed by atoms with Crippen molar-refractivity contribution in [1.82, 2.24) is 24.5 Å². The number of halogens is 1. The molecule has 8 heteroatoms. The van der Waals surface area contributed by atoms with Gasteiger partial charge in [0.2, 0.25) is 11.9 Å². The second-order valence-corrected chi connectivity index (χ2v) is 4.24. The maximum absolute atomic E-state index is 5.81. The van der Waals surface area contributed by atoms with Gasteiger partial charge in [-0.25, -0.2) is 4.98 Å². The van der Waals surface area contributed by atoms with E-state index in [0.29, 0.717) is 16.7 Å². The Labute approximate surface area is 119 Å². The molecule has 0 radical (unpaired) electrons. The molecular formula is C12H9ClN6O. The topological polar surface area (TPSA) is 91.7 Å². The number of ether oxygens (including phenoxy) is 1. The highest BCUT2D eigenvalue weighted by molar-refractivity contribution is 6.30. The summed E-state index contributed by atoms with van der Waals surface area (Å²) in [5.74, 6) is 0.947. The fraction of sp³-hybridized carbons (Fsp3) is 0. The maximum Gasteiger partial charge on any atom is 0.328 e. The summed E-state index contributed by atoms with van der Waals surface area (Å²) in [6, 6.07) is 6.93. The molecular weight excluding hydrogens is 280 g/mol. The molecule has 0 spiro atoms. The normalized spacial score (nSPS) is 10.4. The lowest BCUT2D eigenvalue weighted by Gasteiger charge is -2.06. The largest absolute Gasteiger partial charge is 0.424 e. The van der Waals surface area contributed by atoms with E-state index in [1.165, 1.54) is 0 Å². The van der Waals surface area contributed by atoms with Crippen molar-refractivity contribution in [3.8, 4) is 17.7 Å². The Bertz CT molecular complexity index is 713. The number of nitrogens with zero attached hydrogens (tertiary/aromatic N) is 5. The van der Waals surface area contributed by atoms with Crippen molar-refractivity contribution in [3.63, 3.8) is 0 Å². The lowest BCUT2D eigenvalue weighted by atomic mass is 10.3. The Kier molecular flexibility index (Phi) is 3.18. The van der Waals surface area contributed by atoms with Gasteiger partial charge < -0.3 is 10.5 Å². The summed E-state index contributed by atoms with van der Waals surface area (Å²) in [5.41, 5.74) is 5.65. The lowest BCUT2D eigenvalue weighted by molar-refractivity contribution is 0.439. The monoisotopic (exact) mass is 288 g/mol. The highest BCUT2D eigenvalue weighted by Crippen LogP contribution is 2.21. The van der Waals surface area contributed by atoms with Crippen molar-refractivity contribution < 1.29 is 4.74 Å². The fourth-order valence-corrected chi connectivity index (χ4v) is 1.63. The van der Waals surface area contributed by atoms with E-state index in [1.807, 2.05) is 0 Å². The summed E-state index contributed by atoms with van der Waals surface area (Å²) in [6.45, 7) is 0. The lowest BCUT2D eigenvalue weighted by Crippen LogP contribution is -2.06. The predicted octanol–water partition coefficient (Wildman–Crippen LogP) is 2.09. The number of hydrogen-bond acceptors (Lipinski definition) is 6. The quantitative estimate of drug-likeness (QED) is 0.793. The van der Waals surface area contributed by atoms with E-state index in [-0.39, 0.29) is 12.0 Å². The molecule has 1 aromatic carbocycles. The van der Waals surface area contributed by atoms with Gasteiger partial charge in [-0.2, -0.15) is 15.0 Å². The first-order valence-electron chi connectivity index (χ1n) is 5.64. The minimum Gasteiger partial charge on any atom is -0.424 e. The van der Waals surface area contributed by atoms with Crippen molar-refractivity contribution in [3.05, 3.63) is 48.0 Å². The van der Waals surface area contributed by atoms with Crippen LogP contribution in [0.4, 0.5) is 5.95 Å². The van der Waals surface area contributed by atoms with Gasteiger partial charge in [-0.1, -0.05) is 11.6 Å². The zero-order chi connectivity index (χ0) is 13.9. The second-order valence-electron chi connectivity index (χ2n) is 3.80. The molecule has 0 bridgehead atoms. The molecule has 100 valence electrons. The summed E-state index contributed by atoms with van der Waals surface area (Å²) in [5, 5.41) is 0.617. The van der Waals surface area contributed by atoms with E-state index in [2.05, 4.69) is 19.9 Å². The first-order valence-corrected chi connectivity index (χ1v) is 6.02. The number of imidazole rings is 1. The Morgan fingerprint density at radius 3 is 2.60 bits per heavy atom. The number of aromatic nitrogens is 5. The molecule has 0 aliphatic carbocycles. The molecule has 3 rings (SSSR count). The van der Waals surface area contributed by atoms with Crippen LogP contribution in [0.5, 0.6) is 11.8 Å². The zero-order valence-corrected chi connectivity index (χ0v) is 10.9. The van der Waals surface area contributed by atoms with Crippen LogP contribution in [0, 0.1) is 0 Å². The first-order chi connectivity index (χ1) is 9.70. The first kappa shape index (κ1) is 12.4. The van der Waals surface area contributed by atoms with Crippen molar-refractivity contribution in [1.29, 1.82) is 0 Å². The molecule has 0 fully saturated rings. The summed E-state index contributed by atoms with van der Waals surface area (Å²) >= 11 is 5.81. The van der Waals surface area contributed by atoms with Gasteiger partial charge in [-0.05, 0) is 24.3 Å². The molecule has 3 aromatic rings. The Morgan fingerprint density at radius 2 is 1.90 bits per heavy atom. The van der Waals surface area contributed by atoms with Crippen molar-refractivity contribution in [2.24, 2.45) is 0 Å². The van der Waals surface area contributed by atoms with Gasteiger partial charge >= 0.3 is 6.01 Å². The van der Waals surface area contributed by atoms with Gasteiger partial charge in [0, 0.05) is 17.4 Å². The number of hydrogen-bond donors (Lipinski definition) is 1. The summed E-state index contributed by atoms with van der Waals surface area (Å²) < 4.78 is 7.12. The van der Waals surface area contributed by atoms with Crippen LogP contribution in [0.1, 0.15) is 0 Å². The van der Waals surface area contributed by atoms with E-state index in [9.17, 15) is 0 Å². The number of benzene rings is 1. The molecule has 0 unspecified atom stereocenters. The summed E-state index contributed by atoms with van der Waals surface area (Å²) in [7, 11) is 0. The molecule has 7 nitrogen and oxygen atoms in total. The van der Waals surface area contributed by atoms with E-state index in [1.54, 1.807) is 47.6 Å². The third-order valence-corrected chi connectivity index (χ3v) is 2.63. The van der Waals surface area contributed by atoms with Crippen molar-refractivity contribution in [2.75, 3.05) is 5.73 Å². The summed E-state index contributed by atoms with van der Waals surface area (Å²) in [6.07, 6.45) is 4.86. The molecule has 0 saturated heterocycles. The number of nitrogens with two attached hydrogens (primary N) is 1. The molecule has 0 saturated carbocycles. The Balaban J connectivity index is 1.92. The van der Waals surface area contributed by atoms with Crippen LogP contribution in [0.15, 0.2) is 43.0 Å². The number of anilines is 1. The van der Waals surface area contributed by atoms with Crippen LogP contribution >= 0.6 is 11.6 Å². The smallest absolute Gasteiger partial charge is 0.328 e. The standard InChI is InChI=1S/C12H9ClN6O/c13-8-1-3-9(4-2-8)20-12-17-10(14)16-11(18-12)19-6-5-15-7-19/h1-7H,(H2,14,16,17,18). The molecule has 2 N–H and O–H groups in total. The van der Waals surface area contributed by atoms with E-state index >= 15 is 0 Å². The molecule has 2 aromatic heterocycles. The van der Waals surface area contributed by atoms with Crippen LogP contribution < -0.4 is 10.5 Å². The average Bonchev–Trinajstić information content (AvgIpc) is 2.95. The van der Waals surface area contributed by atoms with Crippen LogP contribution in [0.3, 0.4) is 0 Å². The molecule has 2 heterocycles. The molecule has 0 atom stereocenters. The van der Waals surface area contributed by atoms with Gasteiger partial charge in [0.25, 0.3) is 0 Å². The highest BCUT2D eigenvalue weighted by atomic mass is 35.5. The predicted molar refractivity (Wildman–Crippen MR) is 72.9 cm³/mol. The third kappa shape index (κ3) is 2.67. The van der Waals surface area contributed by atoms with Crippen LogP contribution in [0.2, 0.25) is 5.02 Å². The fourth-order valence-electron chi connectivity index (χ4n) is 1.51. The van der Waals surface area contributed by atoms with Gasteiger partial charge in [-0.3, -0.25) is 4.57 Å². The van der Waals surface area contributed by atoms with Crippen molar-refractivity contribution in [2.45, 2.75) is 0 Å². The van der Waals surface area contributed by atoms with Crippen LogP contribution in [0.25, 0.3) is 5.95 Å². The SMILES string of the molecule is Nc1nc(Oc2ccc(Cl)cc2)nc(-n2ccnc2)n1. The minimum atomic E-state index is 0.0627. The van der Waals surface area contributed by atoms with Crippen LogP contribution in [-0.4, -0.2) is 24.5 Å². The molecule has 0 aliphatic rings. The van der Waals surface area contributed by atoms with Gasteiger partial charge in [-0.15, -0.1) is 0 Å². The molecule has 20 heavy (non-hydrogen) atoms. The molecule has 0 aliphatic heterocycles. The number of rotatable bonds is 3. The minimum absolute atomic E-state index is 0.0627. The second kappa shape index (κ2) is 5.14. The average molecular weight is 289 g/mol. The Morgan fingerprint density at radius 1 is 1.10 bits per heavy atom. The summed E-state index contributed by atoms with van der Waals surface area (Å²) in [4.78, 5) is 16.0. The Hall–Kier alpha value is -2.67. The third-order valence-electron chi connectivity index (χ3n) is 2.38. The zero-order valence-electron chi connectivity index (χ0n) is 10.1. The number of nitrogen functional groups attached to an aromatic ring is 1. The van der Waals surface area contributed by atoms with Gasteiger partial charge in [0.15, 0.2) is 0 Å². The van der Waals surface area contributed by atoms with Crippen molar-refractivity contribution >= 4 is 17.5 Å². The van der Waals surface area contributed by atoms with E-state index < -0.39 is 0 Å². The van der Waals surface area contributed by atoms with Gasteiger partial charge in [0.05, 0.1) is 0 Å². The van der Waals surface area contributed by atoms with Crippen LogP contribution in [-0.2, 0) is 0 Å². The van der Waals surface area contributed by atoms with E-state index in [0.717, 1.165) is 0 Å². The highest BCUT2D eigenvalue weighted by Gasteiger charge is 2.08. The molecule has 0 amide bonds. The van der Waals surface area contributed by atoms with Gasteiger partial charge in [0.1, 0.15) is 12.1 Å².